The molecule has 1 aliphatic heterocycles. The highest BCUT2D eigenvalue weighted by molar-refractivity contribution is 5.88. The molecule has 0 aromatic heterocycles. The number of carbonyl (C=O) groups excluding carboxylic acids is 2. The molecule has 1 heterocycles. The monoisotopic (exact) mass is 406 g/mol. The zero-order valence-corrected chi connectivity index (χ0v) is 18.6. The lowest BCUT2D eigenvalue weighted by molar-refractivity contribution is -0.142. The minimum atomic E-state index is -0.449. The molecule has 2 amide bonds. The van der Waals surface area contributed by atoms with Gasteiger partial charge in [0.1, 0.15) is 6.04 Å². The number of rotatable bonds is 7. The molecule has 0 fully saturated rings. The first-order valence-corrected chi connectivity index (χ1v) is 11.1. The minimum Gasteiger partial charge on any atom is -0.354 e. The van der Waals surface area contributed by atoms with Gasteiger partial charge in [0.05, 0.1) is 0 Å². The maximum absolute atomic E-state index is 13.3. The van der Waals surface area contributed by atoms with Gasteiger partial charge in [0.15, 0.2) is 0 Å². The zero-order valence-electron chi connectivity index (χ0n) is 18.6. The van der Waals surface area contributed by atoms with Crippen LogP contribution in [0.3, 0.4) is 0 Å². The highest BCUT2D eigenvalue weighted by atomic mass is 16.2. The van der Waals surface area contributed by atoms with E-state index in [-0.39, 0.29) is 23.7 Å². The number of benzene rings is 2. The normalized spacial score (nSPS) is 17.0. The van der Waals surface area contributed by atoms with Crippen molar-refractivity contribution in [3.05, 3.63) is 71.3 Å². The van der Waals surface area contributed by atoms with E-state index < -0.39 is 6.04 Å². The van der Waals surface area contributed by atoms with Crippen LogP contribution in [0.25, 0.3) is 0 Å². The molecule has 1 aliphatic rings. The van der Waals surface area contributed by atoms with Gasteiger partial charge in [-0.25, -0.2) is 0 Å². The summed E-state index contributed by atoms with van der Waals surface area (Å²) in [7, 11) is 0. The summed E-state index contributed by atoms with van der Waals surface area (Å²) >= 11 is 0. The van der Waals surface area contributed by atoms with Crippen molar-refractivity contribution >= 4 is 11.8 Å². The van der Waals surface area contributed by atoms with E-state index in [1.807, 2.05) is 44.2 Å². The fourth-order valence-electron chi connectivity index (χ4n) is 4.25. The van der Waals surface area contributed by atoms with Crippen LogP contribution in [-0.2, 0) is 22.6 Å². The van der Waals surface area contributed by atoms with Gasteiger partial charge in [0, 0.05) is 31.8 Å². The molecule has 4 nitrogen and oxygen atoms in total. The molecule has 2 aromatic carbocycles. The second kappa shape index (κ2) is 9.92. The maximum atomic E-state index is 13.3. The minimum absolute atomic E-state index is 0.0526. The second-order valence-corrected chi connectivity index (χ2v) is 9.11. The predicted octanol–water partition coefficient (Wildman–Crippen LogP) is 4.54. The van der Waals surface area contributed by atoms with E-state index in [0.29, 0.717) is 31.8 Å². The molecule has 0 aliphatic carbocycles. The van der Waals surface area contributed by atoms with Gasteiger partial charge in [-0.15, -0.1) is 0 Å². The van der Waals surface area contributed by atoms with Crippen LogP contribution in [0, 0.1) is 11.8 Å². The third-order valence-corrected chi connectivity index (χ3v) is 5.98. The molecule has 0 radical (unpaired) electrons. The van der Waals surface area contributed by atoms with Crippen molar-refractivity contribution in [2.24, 2.45) is 11.8 Å². The Hall–Kier alpha value is -2.62. The summed E-state index contributed by atoms with van der Waals surface area (Å²) in [5.41, 5.74) is 3.53. The van der Waals surface area contributed by atoms with Crippen molar-refractivity contribution in [1.29, 1.82) is 0 Å². The van der Waals surface area contributed by atoms with Gasteiger partial charge in [0.2, 0.25) is 11.8 Å². The molecule has 0 saturated heterocycles. The Kier molecular flexibility index (Phi) is 7.30. The van der Waals surface area contributed by atoms with E-state index >= 15 is 0 Å². The molecular weight excluding hydrogens is 372 g/mol. The Balaban J connectivity index is 1.76. The predicted molar refractivity (Wildman–Crippen MR) is 121 cm³/mol. The van der Waals surface area contributed by atoms with Crippen molar-refractivity contribution in [2.45, 2.75) is 59.0 Å². The van der Waals surface area contributed by atoms with Gasteiger partial charge in [0.25, 0.3) is 0 Å². The molecule has 30 heavy (non-hydrogen) atoms. The van der Waals surface area contributed by atoms with Crippen LogP contribution < -0.4 is 5.32 Å². The van der Waals surface area contributed by atoms with Crippen molar-refractivity contribution in [2.75, 3.05) is 6.54 Å². The number of fused-ring (bicyclic) bond motifs is 1. The van der Waals surface area contributed by atoms with Crippen molar-refractivity contribution in [3.8, 4) is 0 Å². The summed E-state index contributed by atoms with van der Waals surface area (Å²) in [6.45, 7) is 9.52. The van der Waals surface area contributed by atoms with E-state index in [0.717, 1.165) is 11.1 Å². The van der Waals surface area contributed by atoms with Gasteiger partial charge < -0.3 is 10.2 Å². The Morgan fingerprint density at radius 2 is 1.60 bits per heavy atom. The lowest BCUT2D eigenvalue weighted by atomic mass is 9.88. The van der Waals surface area contributed by atoms with Crippen LogP contribution in [0.2, 0.25) is 0 Å². The molecule has 2 unspecified atom stereocenters. The molecule has 0 saturated carbocycles. The largest absolute Gasteiger partial charge is 0.354 e. The third-order valence-electron chi connectivity index (χ3n) is 5.98. The number of hydrogen-bond acceptors (Lipinski definition) is 2. The SMILES string of the molecule is CC(C)CC(=O)N1Cc2ccccc2CC1C(=O)NCC(c1ccccc1)C(C)C. The number of amides is 2. The molecule has 0 spiro atoms. The molecule has 1 N–H and O–H groups in total. The van der Waals surface area contributed by atoms with Gasteiger partial charge in [-0.2, -0.15) is 0 Å². The van der Waals surface area contributed by atoms with E-state index in [9.17, 15) is 9.59 Å². The highest BCUT2D eigenvalue weighted by Crippen LogP contribution is 2.26. The molecule has 0 bridgehead atoms. The van der Waals surface area contributed by atoms with Crippen molar-refractivity contribution < 1.29 is 9.59 Å². The van der Waals surface area contributed by atoms with Crippen LogP contribution >= 0.6 is 0 Å². The van der Waals surface area contributed by atoms with Crippen molar-refractivity contribution in [1.82, 2.24) is 10.2 Å². The van der Waals surface area contributed by atoms with Gasteiger partial charge in [-0.3, -0.25) is 9.59 Å². The van der Waals surface area contributed by atoms with Gasteiger partial charge in [-0.1, -0.05) is 82.3 Å². The van der Waals surface area contributed by atoms with Gasteiger partial charge >= 0.3 is 0 Å². The lowest BCUT2D eigenvalue weighted by Crippen LogP contribution is -2.53. The number of nitrogens with one attached hydrogen (secondary N) is 1. The Morgan fingerprint density at radius 3 is 2.23 bits per heavy atom. The summed E-state index contributed by atoms with van der Waals surface area (Å²) in [6.07, 6.45) is 1.04. The van der Waals surface area contributed by atoms with Crippen LogP contribution in [0.15, 0.2) is 54.6 Å². The summed E-state index contributed by atoms with van der Waals surface area (Å²) < 4.78 is 0. The maximum Gasteiger partial charge on any atom is 0.243 e. The molecular formula is C26H34N2O2. The summed E-state index contributed by atoms with van der Waals surface area (Å²) in [5.74, 6) is 0.914. The Morgan fingerprint density at radius 1 is 0.967 bits per heavy atom. The van der Waals surface area contributed by atoms with E-state index in [2.05, 4.69) is 43.4 Å². The van der Waals surface area contributed by atoms with Crippen LogP contribution in [0.1, 0.15) is 56.7 Å². The number of hydrogen-bond donors (Lipinski definition) is 1. The topological polar surface area (TPSA) is 49.4 Å². The van der Waals surface area contributed by atoms with E-state index in [4.69, 9.17) is 0 Å². The van der Waals surface area contributed by atoms with Crippen molar-refractivity contribution in [3.63, 3.8) is 0 Å². The molecule has 2 atom stereocenters. The average Bonchev–Trinajstić information content (AvgIpc) is 2.72. The number of nitrogens with zero attached hydrogens (tertiary/aromatic N) is 1. The van der Waals surface area contributed by atoms with Gasteiger partial charge in [-0.05, 0) is 28.5 Å². The van der Waals surface area contributed by atoms with Crippen LogP contribution in [0.4, 0.5) is 0 Å². The third kappa shape index (κ3) is 5.29. The van der Waals surface area contributed by atoms with E-state index in [1.165, 1.54) is 5.56 Å². The summed E-state index contributed by atoms with van der Waals surface area (Å²) in [6, 6.07) is 18.0. The van der Waals surface area contributed by atoms with Crippen LogP contribution in [-0.4, -0.2) is 29.3 Å². The zero-order chi connectivity index (χ0) is 21.7. The lowest BCUT2D eigenvalue weighted by Gasteiger charge is -2.37. The van der Waals surface area contributed by atoms with Crippen LogP contribution in [0.5, 0.6) is 0 Å². The summed E-state index contributed by atoms with van der Waals surface area (Å²) in [4.78, 5) is 28.0. The van der Waals surface area contributed by atoms with E-state index in [1.54, 1.807) is 4.90 Å². The highest BCUT2D eigenvalue weighted by Gasteiger charge is 2.34. The Bertz CT molecular complexity index is 860. The second-order valence-electron chi connectivity index (χ2n) is 9.11. The quantitative estimate of drug-likeness (QED) is 0.734. The summed E-state index contributed by atoms with van der Waals surface area (Å²) in [5, 5.41) is 3.17. The smallest absolute Gasteiger partial charge is 0.243 e. The molecule has 160 valence electrons. The molecule has 3 rings (SSSR count). The number of carbonyl (C=O) groups is 2. The molecule has 2 aromatic rings. The Labute approximate surface area is 180 Å². The standard InChI is InChI=1S/C26H34N2O2/c1-18(2)14-25(29)28-17-22-13-9-8-12-21(22)15-24(28)26(30)27-16-23(19(3)4)20-10-6-5-7-11-20/h5-13,18-19,23-24H,14-17H2,1-4H3,(H,27,30). The fourth-order valence-corrected chi connectivity index (χ4v) is 4.25. The first-order chi connectivity index (χ1) is 14.4. The first-order valence-electron chi connectivity index (χ1n) is 11.1. The fraction of sp³-hybridized carbons (Fsp3) is 0.462. The first kappa shape index (κ1) is 22.1. The molecule has 4 heteroatoms. The average molecular weight is 407 g/mol.